The standard InChI is InChI=1S/C8H3Br2NO2/c9-4-1-5-7(6(10)2-4)11-3-13-8(5)12/h1-3H. The highest BCUT2D eigenvalue weighted by Crippen LogP contribution is 2.24. The molecule has 0 saturated heterocycles. The van der Waals surface area contributed by atoms with E-state index in [1.807, 2.05) is 6.07 Å². The summed E-state index contributed by atoms with van der Waals surface area (Å²) in [7, 11) is 0. The highest BCUT2D eigenvalue weighted by Gasteiger charge is 2.05. The summed E-state index contributed by atoms with van der Waals surface area (Å²) in [5, 5.41) is 0.462. The van der Waals surface area contributed by atoms with Crippen LogP contribution in [0.25, 0.3) is 10.9 Å². The van der Waals surface area contributed by atoms with E-state index in [4.69, 9.17) is 0 Å². The third-order valence-corrected chi connectivity index (χ3v) is 2.65. The van der Waals surface area contributed by atoms with Gasteiger partial charge in [-0.05, 0) is 28.1 Å². The number of aromatic nitrogens is 1. The van der Waals surface area contributed by atoms with Crippen molar-refractivity contribution in [1.82, 2.24) is 4.98 Å². The molecular formula is C8H3Br2NO2. The van der Waals surface area contributed by atoms with Gasteiger partial charge in [-0.3, -0.25) is 0 Å². The lowest BCUT2D eigenvalue weighted by atomic mass is 10.2. The van der Waals surface area contributed by atoms with Crippen molar-refractivity contribution in [2.24, 2.45) is 0 Å². The molecule has 0 aliphatic rings. The Labute approximate surface area is 90.0 Å². The van der Waals surface area contributed by atoms with Crippen molar-refractivity contribution in [3.8, 4) is 0 Å². The van der Waals surface area contributed by atoms with Crippen molar-refractivity contribution in [2.75, 3.05) is 0 Å². The predicted octanol–water partition coefficient (Wildman–Crippen LogP) is 2.71. The maximum atomic E-state index is 11.2. The van der Waals surface area contributed by atoms with Gasteiger partial charge in [0.2, 0.25) is 0 Å². The Morgan fingerprint density at radius 3 is 2.85 bits per heavy atom. The van der Waals surface area contributed by atoms with E-state index in [1.54, 1.807) is 6.07 Å². The van der Waals surface area contributed by atoms with Gasteiger partial charge in [0.25, 0.3) is 0 Å². The van der Waals surface area contributed by atoms with E-state index in [0.717, 1.165) is 15.3 Å². The molecule has 2 aromatic rings. The van der Waals surface area contributed by atoms with Crippen LogP contribution in [-0.4, -0.2) is 4.98 Å². The molecule has 0 radical (unpaired) electrons. The summed E-state index contributed by atoms with van der Waals surface area (Å²) in [5.74, 6) is 0. The molecule has 1 aromatic carbocycles. The molecule has 0 aliphatic heterocycles. The third-order valence-electron chi connectivity index (χ3n) is 1.59. The average Bonchev–Trinajstić information content (AvgIpc) is 2.07. The normalized spacial score (nSPS) is 10.6. The molecule has 13 heavy (non-hydrogen) atoms. The summed E-state index contributed by atoms with van der Waals surface area (Å²) < 4.78 is 6.22. The van der Waals surface area contributed by atoms with Crippen LogP contribution in [0.4, 0.5) is 0 Å². The monoisotopic (exact) mass is 303 g/mol. The summed E-state index contributed by atoms with van der Waals surface area (Å²) in [6, 6.07) is 3.51. The molecule has 0 atom stereocenters. The highest BCUT2D eigenvalue weighted by atomic mass is 79.9. The Kier molecular flexibility index (Phi) is 2.21. The van der Waals surface area contributed by atoms with E-state index >= 15 is 0 Å². The minimum atomic E-state index is -0.382. The minimum Gasteiger partial charge on any atom is -0.411 e. The van der Waals surface area contributed by atoms with Crippen molar-refractivity contribution < 1.29 is 4.42 Å². The van der Waals surface area contributed by atoms with Crippen LogP contribution in [0.15, 0.2) is 36.7 Å². The lowest BCUT2D eigenvalue weighted by molar-refractivity contribution is 0.501. The summed E-state index contributed by atoms with van der Waals surface area (Å²) in [4.78, 5) is 15.2. The predicted molar refractivity (Wildman–Crippen MR) is 55.7 cm³/mol. The van der Waals surface area contributed by atoms with Crippen LogP contribution >= 0.6 is 31.9 Å². The first-order chi connectivity index (χ1) is 6.18. The van der Waals surface area contributed by atoms with Crippen molar-refractivity contribution in [3.63, 3.8) is 0 Å². The van der Waals surface area contributed by atoms with E-state index in [1.165, 1.54) is 0 Å². The fourth-order valence-electron chi connectivity index (χ4n) is 1.04. The van der Waals surface area contributed by atoms with Crippen LogP contribution < -0.4 is 5.63 Å². The highest BCUT2D eigenvalue weighted by molar-refractivity contribution is 9.11. The van der Waals surface area contributed by atoms with Gasteiger partial charge in [0, 0.05) is 8.95 Å². The lowest BCUT2D eigenvalue weighted by Gasteiger charge is -1.97. The molecule has 0 spiro atoms. The maximum absolute atomic E-state index is 11.2. The van der Waals surface area contributed by atoms with Gasteiger partial charge in [-0.1, -0.05) is 15.9 Å². The van der Waals surface area contributed by atoms with Crippen LogP contribution in [-0.2, 0) is 0 Å². The number of halogens is 2. The van der Waals surface area contributed by atoms with Crippen LogP contribution in [0.5, 0.6) is 0 Å². The topological polar surface area (TPSA) is 43.1 Å². The molecule has 3 nitrogen and oxygen atoms in total. The van der Waals surface area contributed by atoms with E-state index < -0.39 is 0 Å². The van der Waals surface area contributed by atoms with Gasteiger partial charge in [0.1, 0.15) is 0 Å². The van der Waals surface area contributed by atoms with Gasteiger partial charge < -0.3 is 4.42 Å². The zero-order valence-corrected chi connectivity index (χ0v) is 9.42. The number of hydrogen-bond donors (Lipinski definition) is 0. The van der Waals surface area contributed by atoms with E-state index in [9.17, 15) is 4.79 Å². The number of fused-ring (bicyclic) bond motifs is 1. The molecule has 0 N–H and O–H groups in total. The quantitative estimate of drug-likeness (QED) is 0.751. The van der Waals surface area contributed by atoms with E-state index in [2.05, 4.69) is 41.3 Å². The van der Waals surface area contributed by atoms with Crippen molar-refractivity contribution in [2.45, 2.75) is 0 Å². The second-order valence-electron chi connectivity index (χ2n) is 2.42. The fraction of sp³-hybridized carbons (Fsp3) is 0. The van der Waals surface area contributed by atoms with E-state index in [-0.39, 0.29) is 5.63 Å². The first-order valence-corrected chi connectivity index (χ1v) is 4.99. The number of hydrogen-bond acceptors (Lipinski definition) is 3. The zero-order valence-electron chi connectivity index (χ0n) is 6.25. The summed E-state index contributed by atoms with van der Waals surface area (Å²) in [6.07, 6.45) is 1.14. The number of rotatable bonds is 0. The number of nitrogens with zero attached hydrogens (tertiary/aromatic N) is 1. The van der Waals surface area contributed by atoms with Crippen LogP contribution in [0.2, 0.25) is 0 Å². The fourth-order valence-corrected chi connectivity index (χ4v) is 2.37. The second-order valence-corrected chi connectivity index (χ2v) is 4.19. The summed E-state index contributed by atoms with van der Waals surface area (Å²) in [5.41, 5.74) is 0.228. The second kappa shape index (κ2) is 3.23. The van der Waals surface area contributed by atoms with Gasteiger partial charge in [0.05, 0.1) is 10.9 Å². The minimum absolute atomic E-state index is 0.382. The Morgan fingerprint density at radius 2 is 2.08 bits per heavy atom. The summed E-state index contributed by atoms with van der Waals surface area (Å²) in [6.45, 7) is 0. The molecule has 0 amide bonds. The van der Waals surface area contributed by atoms with Gasteiger partial charge in [-0.25, -0.2) is 9.78 Å². The van der Waals surface area contributed by atoms with Crippen LogP contribution in [0.1, 0.15) is 0 Å². The molecule has 1 aromatic heterocycles. The first-order valence-electron chi connectivity index (χ1n) is 3.41. The molecule has 0 fully saturated rings. The van der Waals surface area contributed by atoms with Gasteiger partial charge >= 0.3 is 5.63 Å². The molecule has 0 saturated carbocycles. The van der Waals surface area contributed by atoms with Gasteiger partial charge in [-0.15, -0.1) is 0 Å². The largest absolute Gasteiger partial charge is 0.411 e. The summed E-state index contributed by atoms with van der Waals surface area (Å²) >= 11 is 6.59. The van der Waals surface area contributed by atoms with Gasteiger partial charge in [0.15, 0.2) is 6.39 Å². The molecule has 0 aliphatic carbocycles. The smallest absolute Gasteiger partial charge is 0.346 e. The van der Waals surface area contributed by atoms with Crippen molar-refractivity contribution in [1.29, 1.82) is 0 Å². The van der Waals surface area contributed by atoms with Crippen molar-refractivity contribution in [3.05, 3.63) is 37.9 Å². The Balaban J connectivity index is 3.03. The Hall–Kier alpha value is -0.680. The number of benzene rings is 1. The lowest BCUT2D eigenvalue weighted by Crippen LogP contribution is -2.00. The van der Waals surface area contributed by atoms with Crippen LogP contribution in [0.3, 0.4) is 0 Å². The Bertz CT molecular complexity index is 521. The van der Waals surface area contributed by atoms with Crippen molar-refractivity contribution >= 4 is 42.8 Å². The maximum Gasteiger partial charge on any atom is 0.346 e. The third kappa shape index (κ3) is 1.53. The van der Waals surface area contributed by atoms with E-state index in [0.29, 0.717) is 10.9 Å². The average molecular weight is 305 g/mol. The molecule has 66 valence electrons. The molecule has 5 heteroatoms. The van der Waals surface area contributed by atoms with Gasteiger partial charge in [-0.2, -0.15) is 0 Å². The SMILES string of the molecule is O=c1ocnc2c(Br)cc(Br)cc12. The Morgan fingerprint density at radius 1 is 1.31 bits per heavy atom. The molecular weight excluding hydrogens is 302 g/mol. The molecule has 2 rings (SSSR count). The molecule has 0 bridgehead atoms. The van der Waals surface area contributed by atoms with Crippen LogP contribution in [0, 0.1) is 0 Å². The molecule has 1 heterocycles. The molecule has 0 unspecified atom stereocenters. The first kappa shape index (κ1) is 8.90. The zero-order chi connectivity index (χ0) is 9.42.